The summed E-state index contributed by atoms with van der Waals surface area (Å²) in [7, 11) is 0. The molecule has 1 N–H and O–H groups in total. The lowest BCUT2D eigenvalue weighted by Crippen LogP contribution is -2.42. The standard InChI is InChI=1S/C15H21ClFN3O3/c1-15(2,3)23-14(22)20-6-4-9(5-7-20)12(21)11-10(17)8-18-13(16)19-11/h8-9,12,21H,4-7H2,1-3H3. The number of nitrogens with zero attached hydrogens (tertiary/aromatic N) is 3. The number of amides is 1. The summed E-state index contributed by atoms with van der Waals surface area (Å²) in [6.45, 7) is 6.31. The van der Waals surface area contributed by atoms with Gasteiger partial charge in [0.25, 0.3) is 0 Å². The van der Waals surface area contributed by atoms with Crippen LogP contribution < -0.4 is 0 Å². The number of aliphatic hydroxyl groups excluding tert-OH is 1. The molecule has 0 spiro atoms. The Morgan fingerprint density at radius 3 is 2.65 bits per heavy atom. The monoisotopic (exact) mass is 345 g/mol. The van der Waals surface area contributed by atoms with Crippen LogP contribution in [-0.4, -0.2) is 44.8 Å². The Hall–Kier alpha value is -1.47. The summed E-state index contributed by atoms with van der Waals surface area (Å²) in [5.41, 5.74) is -0.644. The second kappa shape index (κ2) is 6.97. The fraction of sp³-hybridized carbons (Fsp3) is 0.667. The number of piperidine rings is 1. The average Bonchev–Trinajstić information content (AvgIpc) is 2.47. The molecule has 2 heterocycles. The molecule has 0 bridgehead atoms. The van der Waals surface area contributed by atoms with Crippen molar-refractivity contribution in [3.05, 3.63) is 23.0 Å². The van der Waals surface area contributed by atoms with Gasteiger partial charge in [-0.1, -0.05) is 0 Å². The van der Waals surface area contributed by atoms with Crippen molar-refractivity contribution in [2.24, 2.45) is 5.92 Å². The lowest BCUT2D eigenvalue weighted by molar-refractivity contribution is 0.00660. The van der Waals surface area contributed by atoms with Gasteiger partial charge >= 0.3 is 6.09 Å². The first-order valence-corrected chi connectivity index (χ1v) is 7.89. The van der Waals surface area contributed by atoms with Crippen LogP contribution >= 0.6 is 11.6 Å². The molecule has 0 radical (unpaired) electrons. The van der Waals surface area contributed by atoms with E-state index in [0.29, 0.717) is 25.9 Å². The molecule has 1 unspecified atom stereocenters. The van der Waals surface area contributed by atoms with E-state index in [1.165, 1.54) is 0 Å². The third kappa shape index (κ3) is 4.75. The van der Waals surface area contributed by atoms with Gasteiger partial charge in [-0.05, 0) is 51.1 Å². The van der Waals surface area contributed by atoms with Gasteiger partial charge in [0, 0.05) is 13.1 Å². The van der Waals surface area contributed by atoms with Gasteiger partial charge in [0.2, 0.25) is 5.28 Å². The largest absolute Gasteiger partial charge is 0.444 e. The second-order valence-corrected chi connectivity index (χ2v) is 6.96. The van der Waals surface area contributed by atoms with Crippen LogP contribution in [0.2, 0.25) is 5.28 Å². The van der Waals surface area contributed by atoms with Crippen LogP contribution in [0.15, 0.2) is 6.20 Å². The molecule has 23 heavy (non-hydrogen) atoms. The Labute approximate surface area is 139 Å². The van der Waals surface area contributed by atoms with Gasteiger partial charge in [-0.25, -0.2) is 19.2 Å². The highest BCUT2D eigenvalue weighted by Crippen LogP contribution is 2.31. The van der Waals surface area contributed by atoms with Gasteiger partial charge in [0.05, 0.1) is 6.20 Å². The minimum absolute atomic E-state index is 0.0966. The fourth-order valence-corrected chi connectivity index (χ4v) is 2.65. The summed E-state index contributed by atoms with van der Waals surface area (Å²) in [5.74, 6) is -0.884. The van der Waals surface area contributed by atoms with E-state index in [-0.39, 0.29) is 23.0 Å². The number of hydrogen-bond donors (Lipinski definition) is 1. The highest BCUT2D eigenvalue weighted by atomic mass is 35.5. The van der Waals surface area contributed by atoms with E-state index in [4.69, 9.17) is 16.3 Å². The van der Waals surface area contributed by atoms with Crippen molar-refractivity contribution in [3.8, 4) is 0 Å². The first-order valence-electron chi connectivity index (χ1n) is 7.51. The van der Waals surface area contributed by atoms with E-state index in [9.17, 15) is 14.3 Å². The summed E-state index contributed by atoms with van der Waals surface area (Å²) >= 11 is 5.66. The quantitative estimate of drug-likeness (QED) is 0.834. The fourth-order valence-electron chi connectivity index (χ4n) is 2.51. The maximum atomic E-state index is 13.7. The van der Waals surface area contributed by atoms with Crippen LogP contribution in [0, 0.1) is 11.7 Å². The predicted octanol–water partition coefficient (Wildman–Crippen LogP) is 2.95. The molecule has 0 aliphatic carbocycles. The summed E-state index contributed by atoms with van der Waals surface area (Å²) < 4.78 is 19.1. The third-order valence-electron chi connectivity index (χ3n) is 3.66. The Bertz CT molecular complexity index is 572. The van der Waals surface area contributed by atoms with E-state index < -0.39 is 17.5 Å². The molecule has 1 aromatic heterocycles. The smallest absolute Gasteiger partial charge is 0.410 e. The Balaban J connectivity index is 1.96. The molecule has 1 aliphatic rings. The number of carbonyl (C=O) groups excluding carboxylic acids is 1. The highest BCUT2D eigenvalue weighted by molar-refractivity contribution is 6.28. The van der Waals surface area contributed by atoms with Crippen molar-refractivity contribution in [3.63, 3.8) is 0 Å². The molecule has 6 nitrogen and oxygen atoms in total. The summed E-state index contributed by atoms with van der Waals surface area (Å²) in [5, 5.41) is 10.2. The van der Waals surface area contributed by atoms with E-state index >= 15 is 0 Å². The molecule has 1 aromatic rings. The van der Waals surface area contributed by atoms with Crippen LogP contribution in [0.25, 0.3) is 0 Å². The first-order chi connectivity index (χ1) is 10.7. The molecule has 0 aromatic carbocycles. The molecule has 2 rings (SSSR count). The van der Waals surface area contributed by atoms with Crippen LogP contribution in [0.3, 0.4) is 0 Å². The second-order valence-electron chi connectivity index (χ2n) is 6.62. The zero-order chi connectivity index (χ0) is 17.2. The normalized spacial score (nSPS) is 17.9. The third-order valence-corrected chi connectivity index (χ3v) is 3.84. The summed E-state index contributed by atoms with van der Waals surface area (Å²) in [6, 6.07) is 0. The molecular weight excluding hydrogens is 325 g/mol. The van der Waals surface area contributed by atoms with Crippen LogP contribution in [-0.2, 0) is 4.74 Å². The van der Waals surface area contributed by atoms with Gasteiger partial charge in [-0.3, -0.25) is 0 Å². The summed E-state index contributed by atoms with van der Waals surface area (Å²) in [4.78, 5) is 20.9. The maximum absolute atomic E-state index is 13.7. The lowest BCUT2D eigenvalue weighted by Gasteiger charge is -2.35. The van der Waals surface area contributed by atoms with Gasteiger partial charge < -0.3 is 14.7 Å². The maximum Gasteiger partial charge on any atom is 0.410 e. The van der Waals surface area contributed by atoms with Gasteiger partial charge in [0.15, 0.2) is 5.82 Å². The number of rotatable bonds is 2. The van der Waals surface area contributed by atoms with Crippen molar-refractivity contribution in [2.45, 2.75) is 45.3 Å². The Morgan fingerprint density at radius 2 is 2.09 bits per heavy atom. The number of halogens is 2. The minimum Gasteiger partial charge on any atom is -0.444 e. The molecule has 1 fully saturated rings. The molecule has 1 aliphatic heterocycles. The van der Waals surface area contributed by atoms with Crippen LogP contribution in [0.1, 0.15) is 45.4 Å². The van der Waals surface area contributed by atoms with E-state index in [1.807, 2.05) is 20.8 Å². The number of aliphatic hydroxyl groups is 1. The number of carbonyl (C=O) groups is 1. The number of hydrogen-bond acceptors (Lipinski definition) is 5. The van der Waals surface area contributed by atoms with Crippen molar-refractivity contribution < 1.29 is 19.0 Å². The van der Waals surface area contributed by atoms with Crippen molar-refractivity contribution >= 4 is 17.7 Å². The lowest BCUT2D eigenvalue weighted by atomic mass is 9.89. The van der Waals surface area contributed by atoms with E-state index in [1.54, 1.807) is 4.90 Å². The average molecular weight is 346 g/mol. The van der Waals surface area contributed by atoms with Crippen LogP contribution in [0.4, 0.5) is 9.18 Å². The molecule has 1 atom stereocenters. The predicted molar refractivity (Wildman–Crippen MR) is 82.5 cm³/mol. The van der Waals surface area contributed by atoms with Crippen molar-refractivity contribution in [1.29, 1.82) is 0 Å². The Morgan fingerprint density at radius 1 is 1.48 bits per heavy atom. The summed E-state index contributed by atoms with van der Waals surface area (Å²) in [6.07, 6.45) is 0.560. The first kappa shape index (κ1) is 17.9. The van der Waals surface area contributed by atoms with Gasteiger partial charge in [0.1, 0.15) is 17.4 Å². The number of likely N-dealkylation sites (tertiary alicyclic amines) is 1. The SMILES string of the molecule is CC(C)(C)OC(=O)N1CCC(C(O)c2nc(Cl)ncc2F)CC1. The number of ether oxygens (including phenoxy) is 1. The molecule has 128 valence electrons. The van der Waals surface area contributed by atoms with Crippen molar-refractivity contribution in [1.82, 2.24) is 14.9 Å². The van der Waals surface area contributed by atoms with Gasteiger partial charge in [-0.2, -0.15) is 0 Å². The molecule has 1 saturated heterocycles. The molecule has 8 heteroatoms. The molecular formula is C15H21ClFN3O3. The van der Waals surface area contributed by atoms with Gasteiger partial charge in [-0.15, -0.1) is 0 Å². The zero-order valence-electron chi connectivity index (χ0n) is 13.4. The topological polar surface area (TPSA) is 75.5 Å². The Kier molecular flexibility index (Phi) is 5.41. The van der Waals surface area contributed by atoms with E-state index in [2.05, 4.69) is 9.97 Å². The molecule has 0 saturated carbocycles. The zero-order valence-corrected chi connectivity index (χ0v) is 14.2. The minimum atomic E-state index is -1.07. The highest BCUT2D eigenvalue weighted by Gasteiger charge is 2.32. The van der Waals surface area contributed by atoms with E-state index in [0.717, 1.165) is 6.20 Å². The molecule has 1 amide bonds. The van der Waals surface area contributed by atoms with Crippen LogP contribution in [0.5, 0.6) is 0 Å². The number of aromatic nitrogens is 2. The van der Waals surface area contributed by atoms with Crippen molar-refractivity contribution in [2.75, 3.05) is 13.1 Å².